The van der Waals surface area contributed by atoms with Gasteiger partial charge in [-0.05, 0) is 30.3 Å². The molecule has 0 unspecified atom stereocenters. The lowest BCUT2D eigenvalue weighted by Gasteiger charge is -2.11. The van der Waals surface area contributed by atoms with Gasteiger partial charge in [0.15, 0.2) is 0 Å². The number of aromatic nitrogens is 1. The number of nitriles is 1. The minimum atomic E-state index is -4.62. The number of nitrogens with zero attached hydrogens (tertiary/aromatic N) is 2. The Kier molecular flexibility index (Phi) is 3.57. The Morgan fingerprint density at radius 2 is 1.90 bits per heavy atom. The maximum Gasteiger partial charge on any atom is 0.433 e. The quantitative estimate of drug-likeness (QED) is 0.850. The molecule has 0 saturated carbocycles. The summed E-state index contributed by atoms with van der Waals surface area (Å²) < 4.78 is 50.7. The highest BCUT2D eigenvalue weighted by Gasteiger charge is 2.33. The zero-order chi connectivity index (χ0) is 14.8. The molecule has 3 nitrogen and oxygen atoms in total. The van der Waals surface area contributed by atoms with Crippen molar-refractivity contribution in [1.29, 1.82) is 5.26 Å². The smallest absolute Gasteiger partial charge is 0.339 e. The fraction of sp³-hybridized carbons (Fsp3) is 0.0769. The van der Waals surface area contributed by atoms with E-state index in [0.717, 1.165) is 18.2 Å². The number of pyridine rings is 1. The van der Waals surface area contributed by atoms with Gasteiger partial charge in [0.05, 0.1) is 5.56 Å². The van der Waals surface area contributed by atoms with E-state index in [1.54, 1.807) is 6.07 Å². The molecular formula is C13H7F4N3. The predicted octanol–water partition coefficient (Wildman–Crippen LogP) is 3.85. The van der Waals surface area contributed by atoms with E-state index in [1.165, 1.54) is 18.2 Å². The van der Waals surface area contributed by atoms with E-state index >= 15 is 0 Å². The van der Waals surface area contributed by atoms with Crippen LogP contribution in [0.3, 0.4) is 0 Å². The SMILES string of the molecule is N#Cc1ccc(C(F)(F)F)nc1Nc1cccc(F)c1. The highest BCUT2D eigenvalue weighted by molar-refractivity contribution is 5.62. The van der Waals surface area contributed by atoms with Crippen molar-refractivity contribution in [3.05, 3.63) is 53.5 Å². The molecule has 1 aromatic heterocycles. The summed E-state index contributed by atoms with van der Waals surface area (Å²) in [6.45, 7) is 0. The molecule has 7 heteroatoms. The fourth-order valence-electron chi connectivity index (χ4n) is 1.51. The highest BCUT2D eigenvalue weighted by atomic mass is 19.4. The third-order valence-corrected chi connectivity index (χ3v) is 2.39. The number of hydrogen-bond acceptors (Lipinski definition) is 3. The van der Waals surface area contributed by atoms with E-state index in [1.807, 2.05) is 0 Å². The lowest BCUT2D eigenvalue weighted by atomic mass is 10.2. The summed E-state index contributed by atoms with van der Waals surface area (Å²) in [4.78, 5) is 3.36. The second-order valence-electron chi connectivity index (χ2n) is 3.84. The van der Waals surface area contributed by atoms with Crippen LogP contribution < -0.4 is 5.32 Å². The van der Waals surface area contributed by atoms with Crippen molar-refractivity contribution >= 4 is 11.5 Å². The standard InChI is InChI=1S/C13H7F4N3/c14-9-2-1-3-10(6-9)19-12-8(7-18)4-5-11(20-12)13(15,16)17/h1-6H,(H,19,20). The Bertz CT molecular complexity index is 674. The lowest BCUT2D eigenvalue weighted by molar-refractivity contribution is -0.141. The van der Waals surface area contributed by atoms with Crippen LogP contribution in [-0.4, -0.2) is 4.98 Å². The number of hydrogen-bond donors (Lipinski definition) is 1. The molecule has 0 atom stereocenters. The van der Waals surface area contributed by atoms with Crippen molar-refractivity contribution in [3.63, 3.8) is 0 Å². The highest BCUT2D eigenvalue weighted by Crippen LogP contribution is 2.30. The Morgan fingerprint density at radius 1 is 1.15 bits per heavy atom. The van der Waals surface area contributed by atoms with E-state index in [2.05, 4.69) is 10.3 Å². The Balaban J connectivity index is 2.42. The average Bonchev–Trinajstić information content (AvgIpc) is 2.37. The first-order valence-electron chi connectivity index (χ1n) is 5.41. The Morgan fingerprint density at radius 3 is 2.50 bits per heavy atom. The molecule has 20 heavy (non-hydrogen) atoms. The molecule has 0 saturated heterocycles. The summed E-state index contributed by atoms with van der Waals surface area (Å²) >= 11 is 0. The van der Waals surface area contributed by atoms with Crippen LogP contribution in [-0.2, 0) is 6.18 Å². The van der Waals surface area contributed by atoms with Crippen molar-refractivity contribution in [2.24, 2.45) is 0 Å². The van der Waals surface area contributed by atoms with Gasteiger partial charge < -0.3 is 5.32 Å². The first-order chi connectivity index (χ1) is 9.40. The van der Waals surface area contributed by atoms with Crippen LogP contribution in [0.5, 0.6) is 0 Å². The zero-order valence-electron chi connectivity index (χ0n) is 9.87. The van der Waals surface area contributed by atoms with Crippen molar-refractivity contribution in [3.8, 4) is 6.07 Å². The minimum Gasteiger partial charge on any atom is -0.339 e. The van der Waals surface area contributed by atoms with Gasteiger partial charge in [-0.15, -0.1) is 0 Å². The van der Waals surface area contributed by atoms with E-state index in [0.29, 0.717) is 0 Å². The second-order valence-corrected chi connectivity index (χ2v) is 3.84. The summed E-state index contributed by atoms with van der Waals surface area (Å²) in [5, 5.41) is 11.4. The summed E-state index contributed by atoms with van der Waals surface area (Å²) in [6.07, 6.45) is -4.62. The van der Waals surface area contributed by atoms with E-state index < -0.39 is 17.7 Å². The van der Waals surface area contributed by atoms with Gasteiger partial charge in [-0.1, -0.05) is 6.07 Å². The second kappa shape index (κ2) is 5.17. The Labute approximate surface area is 111 Å². The molecule has 0 radical (unpaired) electrons. The van der Waals surface area contributed by atoms with E-state index in [9.17, 15) is 17.6 Å². The van der Waals surface area contributed by atoms with Crippen LogP contribution in [0.1, 0.15) is 11.3 Å². The number of alkyl halides is 3. The van der Waals surface area contributed by atoms with Gasteiger partial charge >= 0.3 is 6.18 Å². The largest absolute Gasteiger partial charge is 0.433 e. The molecule has 1 heterocycles. The van der Waals surface area contributed by atoms with Crippen LogP contribution in [0.4, 0.5) is 29.1 Å². The normalized spacial score (nSPS) is 10.9. The molecule has 2 aromatic rings. The van der Waals surface area contributed by atoms with E-state index in [4.69, 9.17) is 5.26 Å². The lowest BCUT2D eigenvalue weighted by Crippen LogP contribution is -2.10. The third-order valence-electron chi connectivity index (χ3n) is 2.39. The molecular weight excluding hydrogens is 274 g/mol. The van der Waals surface area contributed by atoms with E-state index in [-0.39, 0.29) is 17.1 Å². The molecule has 102 valence electrons. The van der Waals surface area contributed by atoms with Crippen LogP contribution >= 0.6 is 0 Å². The van der Waals surface area contributed by atoms with Crippen LogP contribution in [0.2, 0.25) is 0 Å². The summed E-state index contributed by atoms with van der Waals surface area (Å²) in [7, 11) is 0. The van der Waals surface area contributed by atoms with Gasteiger partial charge in [0.2, 0.25) is 0 Å². The molecule has 0 bridgehead atoms. The molecule has 0 fully saturated rings. The molecule has 0 aliphatic heterocycles. The molecule has 1 aromatic carbocycles. The molecule has 0 amide bonds. The summed E-state index contributed by atoms with van der Waals surface area (Å²) in [6, 6.07) is 8.57. The van der Waals surface area contributed by atoms with Crippen LogP contribution in [0.25, 0.3) is 0 Å². The monoisotopic (exact) mass is 281 g/mol. The van der Waals surface area contributed by atoms with Crippen molar-refractivity contribution in [2.45, 2.75) is 6.18 Å². The molecule has 0 spiro atoms. The Hall–Kier alpha value is -2.62. The summed E-state index contributed by atoms with van der Waals surface area (Å²) in [5.74, 6) is -0.826. The molecule has 0 aliphatic rings. The number of halogens is 4. The van der Waals surface area contributed by atoms with Gasteiger partial charge in [-0.25, -0.2) is 9.37 Å². The predicted molar refractivity (Wildman–Crippen MR) is 63.6 cm³/mol. The van der Waals surface area contributed by atoms with Crippen molar-refractivity contribution in [2.75, 3.05) is 5.32 Å². The van der Waals surface area contributed by atoms with Gasteiger partial charge in [0.25, 0.3) is 0 Å². The van der Waals surface area contributed by atoms with Gasteiger partial charge in [-0.2, -0.15) is 18.4 Å². The van der Waals surface area contributed by atoms with Crippen molar-refractivity contribution in [1.82, 2.24) is 4.98 Å². The van der Waals surface area contributed by atoms with Crippen molar-refractivity contribution < 1.29 is 17.6 Å². The summed E-state index contributed by atoms with van der Waals surface area (Å²) in [5.41, 5.74) is -0.994. The number of anilines is 2. The zero-order valence-corrected chi connectivity index (χ0v) is 9.87. The first-order valence-corrected chi connectivity index (χ1v) is 5.41. The number of nitrogens with one attached hydrogen (secondary N) is 1. The maximum atomic E-state index is 13.0. The minimum absolute atomic E-state index is 0.0674. The number of benzene rings is 1. The van der Waals surface area contributed by atoms with Gasteiger partial charge in [0, 0.05) is 5.69 Å². The topological polar surface area (TPSA) is 48.7 Å². The van der Waals surface area contributed by atoms with Gasteiger partial charge in [-0.3, -0.25) is 0 Å². The molecule has 0 aliphatic carbocycles. The third kappa shape index (κ3) is 3.03. The fourth-order valence-corrected chi connectivity index (χ4v) is 1.51. The van der Waals surface area contributed by atoms with Crippen LogP contribution in [0, 0.1) is 17.1 Å². The first kappa shape index (κ1) is 13.8. The molecule has 2 rings (SSSR count). The number of rotatable bonds is 2. The average molecular weight is 281 g/mol. The van der Waals surface area contributed by atoms with Gasteiger partial charge in [0.1, 0.15) is 23.4 Å². The maximum absolute atomic E-state index is 13.0. The van der Waals surface area contributed by atoms with Crippen LogP contribution in [0.15, 0.2) is 36.4 Å². The molecule has 1 N–H and O–H groups in total.